The number of rotatable bonds is 1. The molecule has 0 aliphatic heterocycles. The first kappa shape index (κ1) is 6.36. The quantitative estimate of drug-likeness (QED) is 0.605. The van der Waals surface area contributed by atoms with Crippen molar-refractivity contribution in [1.29, 1.82) is 0 Å². The van der Waals surface area contributed by atoms with E-state index in [1.807, 2.05) is 0 Å². The van der Waals surface area contributed by atoms with Gasteiger partial charge in [-0.25, -0.2) is 0 Å². The van der Waals surface area contributed by atoms with E-state index in [2.05, 4.69) is 4.98 Å². The van der Waals surface area contributed by atoms with E-state index in [0.717, 1.165) is 0 Å². The van der Waals surface area contributed by atoms with Gasteiger partial charge in [0.25, 0.3) is 0 Å². The lowest BCUT2D eigenvalue weighted by atomic mass is 10.3. The number of hydrogen-bond donors (Lipinski definition) is 1. The number of nitrogens with zero attached hydrogens (tertiary/aromatic N) is 1. The minimum atomic E-state index is 0.160. The molecule has 0 saturated carbocycles. The van der Waals surface area contributed by atoms with Crippen molar-refractivity contribution in [1.82, 2.24) is 4.98 Å². The van der Waals surface area contributed by atoms with Crippen LogP contribution >= 0.6 is 11.6 Å². The maximum absolute atomic E-state index is 8.96. The zero-order valence-electron chi connectivity index (χ0n) is 4.71. The molecule has 0 aliphatic rings. The summed E-state index contributed by atoms with van der Waals surface area (Å²) in [6.07, 6.45) is 2.97. The Kier molecular flexibility index (Phi) is 1.90. The molecule has 3 heteroatoms. The Labute approximate surface area is 58.1 Å². The van der Waals surface area contributed by atoms with Gasteiger partial charge in [-0.3, -0.25) is 4.98 Å². The first-order valence-electron chi connectivity index (χ1n) is 2.52. The summed E-state index contributed by atoms with van der Waals surface area (Å²) in [7, 11) is 0. The zero-order valence-corrected chi connectivity index (χ0v) is 5.47. The van der Waals surface area contributed by atoms with E-state index in [4.69, 9.17) is 16.7 Å². The molecule has 1 rings (SSSR count). The van der Waals surface area contributed by atoms with Crippen LogP contribution in [0.1, 0.15) is 5.56 Å². The van der Waals surface area contributed by atoms with Crippen LogP contribution in [0.4, 0.5) is 0 Å². The van der Waals surface area contributed by atoms with Crippen molar-refractivity contribution in [3.05, 3.63) is 24.0 Å². The Hall–Kier alpha value is -0.760. The third-order valence-corrected chi connectivity index (χ3v) is 1.32. The first-order chi connectivity index (χ1) is 4.34. The molecule has 1 aromatic rings. The molecule has 1 aromatic heterocycles. The number of halogens is 1. The highest BCUT2D eigenvalue weighted by molar-refractivity contribution is 6.17. The molecule has 48 valence electrons. The van der Waals surface area contributed by atoms with Crippen LogP contribution in [0.5, 0.6) is 5.75 Å². The highest BCUT2D eigenvalue weighted by Crippen LogP contribution is 2.15. The summed E-state index contributed by atoms with van der Waals surface area (Å²) < 4.78 is 0. The van der Waals surface area contributed by atoms with Crippen LogP contribution in [0.3, 0.4) is 0 Å². The molecule has 1 N–H and O–H groups in total. The van der Waals surface area contributed by atoms with Gasteiger partial charge in [0.1, 0.15) is 5.75 Å². The van der Waals surface area contributed by atoms with Gasteiger partial charge in [-0.15, -0.1) is 11.6 Å². The Morgan fingerprint density at radius 2 is 2.44 bits per heavy atom. The molecule has 0 aromatic carbocycles. The van der Waals surface area contributed by atoms with Gasteiger partial charge in [0, 0.05) is 11.8 Å². The minimum absolute atomic E-state index is 0.160. The predicted molar refractivity (Wildman–Crippen MR) is 35.5 cm³/mol. The molecule has 1 heterocycles. The summed E-state index contributed by atoms with van der Waals surface area (Å²) in [6, 6.07) is 1.68. The molecule has 0 saturated heterocycles. The molecule has 9 heavy (non-hydrogen) atoms. The number of pyridine rings is 1. The summed E-state index contributed by atoms with van der Waals surface area (Å²) in [5.41, 5.74) is 0.715. The molecular weight excluding hydrogens is 138 g/mol. The van der Waals surface area contributed by atoms with E-state index in [1.165, 1.54) is 6.20 Å². The summed E-state index contributed by atoms with van der Waals surface area (Å²) in [5.74, 6) is 0.487. The second-order valence-corrected chi connectivity index (χ2v) is 1.91. The largest absolute Gasteiger partial charge is 0.506 e. The maximum Gasteiger partial charge on any atom is 0.138 e. The van der Waals surface area contributed by atoms with Gasteiger partial charge in [-0.1, -0.05) is 0 Å². The molecule has 0 amide bonds. The number of hydrogen-bond acceptors (Lipinski definition) is 2. The van der Waals surface area contributed by atoms with Crippen LogP contribution in [0, 0.1) is 0 Å². The average Bonchev–Trinajstić information content (AvgIpc) is 1.89. The van der Waals surface area contributed by atoms with Crippen molar-refractivity contribution in [2.24, 2.45) is 0 Å². The molecule has 0 radical (unpaired) electrons. The molecule has 0 atom stereocenters. The normalized spacial score (nSPS) is 9.44. The molecule has 0 fully saturated rings. The predicted octanol–water partition coefficient (Wildman–Crippen LogP) is 1.53. The van der Waals surface area contributed by atoms with E-state index in [-0.39, 0.29) is 5.75 Å². The van der Waals surface area contributed by atoms with E-state index in [9.17, 15) is 0 Å². The summed E-state index contributed by atoms with van der Waals surface area (Å²) in [6.45, 7) is 0. The van der Waals surface area contributed by atoms with Gasteiger partial charge in [-0.05, 0) is 6.07 Å². The maximum atomic E-state index is 8.96. The fraction of sp³-hybridized carbons (Fsp3) is 0.167. The highest BCUT2D eigenvalue weighted by atomic mass is 35.5. The molecule has 0 aliphatic carbocycles. The number of aromatic nitrogens is 1. The smallest absolute Gasteiger partial charge is 0.138 e. The lowest BCUT2D eigenvalue weighted by Crippen LogP contribution is -1.78. The van der Waals surface area contributed by atoms with Crippen LogP contribution < -0.4 is 0 Å². The summed E-state index contributed by atoms with van der Waals surface area (Å²) >= 11 is 5.44. The minimum Gasteiger partial charge on any atom is -0.506 e. The third kappa shape index (κ3) is 1.33. The van der Waals surface area contributed by atoms with Crippen LogP contribution in [-0.2, 0) is 5.88 Å². The van der Waals surface area contributed by atoms with Crippen LogP contribution in [-0.4, -0.2) is 10.1 Å². The molecule has 0 spiro atoms. The van der Waals surface area contributed by atoms with Crippen LogP contribution in [0.15, 0.2) is 18.5 Å². The number of alkyl halides is 1. The Balaban J connectivity index is 3.01. The van der Waals surface area contributed by atoms with Crippen molar-refractivity contribution in [2.45, 2.75) is 5.88 Å². The lowest BCUT2D eigenvalue weighted by molar-refractivity contribution is 0.468. The fourth-order valence-electron chi connectivity index (χ4n) is 0.528. The zero-order chi connectivity index (χ0) is 6.69. The van der Waals surface area contributed by atoms with Gasteiger partial charge in [-0.2, -0.15) is 0 Å². The average molecular weight is 144 g/mol. The Bertz CT molecular complexity index is 202. The monoisotopic (exact) mass is 143 g/mol. The van der Waals surface area contributed by atoms with Crippen molar-refractivity contribution < 1.29 is 5.11 Å². The van der Waals surface area contributed by atoms with Gasteiger partial charge >= 0.3 is 0 Å². The SMILES string of the molecule is Oc1cnccc1CCl. The summed E-state index contributed by atoms with van der Waals surface area (Å²) in [5, 5.41) is 8.96. The molecule has 0 unspecified atom stereocenters. The standard InChI is InChI=1S/C6H6ClNO/c7-3-5-1-2-8-4-6(5)9/h1-2,4,9H,3H2. The van der Waals surface area contributed by atoms with E-state index < -0.39 is 0 Å². The van der Waals surface area contributed by atoms with Crippen molar-refractivity contribution in [3.8, 4) is 5.75 Å². The lowest BCUT2D eigenvalue weighted by Gasteiger charge is -1.95. The summed E-state index contributed by atoms with van der Waals surface area (Å²) in [4.78, 5) is 3.68. The first-order valence-corrected chi connectivity index (χ1v) is 3.06. The third-order valence-electron chi connectivity index (χ3n) is 1.03. The fourth-order valence-corrected chi connectivity index (χ4v) is 0.754. The van der Waals surface area contributed by atoms with Crippen LogP contribution in [0.2, 0.25) is 0 Å². The number of aromatic hydroxyl groups is 1. The van der Waals surface area contributed by atoms with Crippen molar-refractivity contribution in [2.75, 3.05) is 0 Å². The van der Waals surface area contributed by atoms with Gasteiger partial charge in [0.2, 0.25) is 0 Å². The van der Waals surface area contributed by atoms with Gasteiger partial charge in [0.15, 0.2) is 0 Å². The Morgan fingerprint density at radius 1 is 1.67 bits per heavy atom. The van der Waals surface area contributed by atoms with E-state index in [0.29, 0.717) is 11.4 Å². The van der Waals surface area contributed by atoms with Crippen LogP contribution in [0.25, 0.3) is 0 Å². The second-order valence-electron chi connectivity index (χ2n) is 1.64. The molecule has 0 bridgehead atoms. The van der Waals surface area contributed by atoms with Crippen molar-refractivity contribution in [3.63, 3.8) is 0 Å². The van der Waals surface area contributed by atoms with E-state index in [1.54, 1.807) is 12.3 Å². The second kappa shape index (κ2) is 2.69. The van der Waals surface area contributed by atoms with Crippen molar-refractivity contribution >= 4 is 11.6 Å². The van der Waals surface area contributed by atoms with E-state index >= 15 is 0 Å². The topological polar surface area (TPSA) is 33.1 Å². The molecule has 2 nitrogen and oxygen atoms in total. The van der Waals surface area contributed by atoms with Gasteiger partial charge < -0.3 is 5.11 Å². The Morgan fingerprint density at radius 3 is 2.89 bits per heavy atom. The molecular formula is C6H6ClNO. The van der Waals surface area contributed by atoms with Gasteiger partial charge in [0.05, 0.1) is 12.1 Å². The highest BCUT2D eigenvalue weighted by Gasteiger charge is 1.94.